The largest absolute Gasteiger partial charge is 0.453 e. The molecule has 15 heavy (non-hydrogen) atoms. The Hall–Kier alpha value is -1.10. The number of ether oxygens (including phenoxy) is 1. The van der Waals surface area contributed by atoms with E-state index in [2.05, 4.69) is 10.1 Å². The van der Waals surface area contributed by atoms with E-state index >= 15 is 0 Å². The minimum atomic E-state index is -0.678. The van der Waals surface area contributed by atoms with Crippen molar-refractivity contribution in [3.63, 3.8) is 0 Å². The van der Waals surface area contributed by atoms with Crippen LogP contribution in [0.4, 0.5) is 4.79 Å². The molecule has 5 heteroatoms. The van der Waals surface area contributed by atoms with Gasteiger partial charge in [-0.15, -0.1) is 0 Å². The summed E-state index contributed by atoms with van der Waals surface area (Å²) in [4.78, 5) is 23.7. The maximum absolute atomic E-state index is 11.6. The van der Waals surface area contributed by atoms with Crippen LogP contribution < -0.4 is 10.2 Å². The van der Waals surface area contributed by atoms with E-state index in [1.807, 2.05) is 6.92 Å². The van der Waals surface area contributed by atoms with Gasteiger partial charge in [0.05, 0.1) is 20.2 Å². The van der Waals surface area contributed by atoms with Gasteiger partial charge >= 0.3 is 6.09 Å². The number of likely N-dealkylation sites (tertiary alicyclic amines) is 1. The maximum Gasteiger partial charge on any atom is 0.413 e. The smallest absolute Gasteiger partial charge is 0.413 e. The molecule has 2 N–H and O–H groups in total. The summed E-state index contributed by atoms with van der Waals surface area (Å²) >= 11 is 0. The predicted octanol–water partition coefficient (Wildman–Crippen LogP) is -0.674. The summed E-state index contributed by atoms with van der Waals surface area (Å²) in [5.74, 6) is -0.251. The number of quaternary nitrogens is 1. The third-order valence-corrected chi connectivity index (χ3v) is 2.91. The number of alkyl carbamates (subject to hydrolysis) is 1. The van der Waals surface area contributed by atoms with Crippen LogP contribution in [0.2, 0.25) is 0 Å². The highest BCUT2D eigenvalue weighted by Crippen LogP contribution is 1.96. The zero-order chi connectivity index (χ0) is 11.3. The second kappa shape index (κ2) is 5.70. The summed E-state index contributed by atoms with van der Waals surface area (Å²) in [6.07, 6.45) is 2.88. The molecule has 1 aliphatic rings. The molecule has 0 saturated carbocycles. The van der Waals surface area contributed by atoms with Crippen LogP contribution in [0, 0.1) is 0 Å². The number of piperidine rings is 1. The Labute approximate surface area is 89.8 Å². The van der Waals surface area contributed by atoms with E-state index in [0.29, 0.717) is 0 Å². The van der Waals surface area contributed by atoms with Gasteiger partial charge in [0.1, 0.15) is 0 Å². The molecular formula is C10H19N2O3+. The molecule has 0 aromatic rings. The van der Waals surface area contributed by atoms with E-state index in [4.69, 9.17) is 0 Å². The lowest BCUT2D eigenvalue weighted by atomic mass is 10.1. The van der Waals surface area contributed by atoms with Crippen LogP contribution in [0.15, 0.2) is 0 Å². The highest BCUT2D eigenvalue weighted by molar-refractivity contribution is 5.93. The van der Waals surface area contributed by atoms with Crippen molar-refractivity contribution >= 4 is 12.0 Å². The molecular weight excluding hydrogens is 196 g/mol. The van der Waals surface area contributed by atoms with Gasteiger partial charge in [0.2, 0.25) is 0 Å². The first kappa shape index (κ1) is 12.0. The predicted molar refractivity (Wildman–Crippen MR) is 54.6 cm³/mol. The number of hydrogen-bond acceptors (Lipinski definition) is 3. The van der Waals surface area contributed by atoms with Gasteiger partial charge in [-0.25, -0.2) is 4.79 Å². The molecule has 0 aromatic heterocycles. The van der Waals surface area contributed by atoms with Gasteiger partial charge in [0.15, 0.2) is 6.04 Å². The normalized spacial score (nSPS) is 19.3. The number of nitrogens with one attached hydrogen (secondary N) is 2. The number of rotatable bonds is 2. The molecule has 1 saturated heterocycles. The van der Waals surface area contributed by atoms with Crippen molar-refractivity contribution < 1.29 is 19.2 Å². The standard InChI is InChI=1S/C10H18N2O3/c1-8(9(13)11-10(14)15-2)12-6-4-3-5-7-12/h8H,3-7H2,1-2H3,(H,11,13,14)/p+1/t8-/m1/s1. The van der Waals surface area contributed by atoms with Gasteiger partial charge in [-0.05, 0) is 26.2 Å². The van der Waals surface area contributed by atoms with Gasteiger partial charge < -0.3 is 9.64 Å². The molecule has 5 nitrogen and oxygen atoms in total. The third kappa shape index (κ3) is 3.51. The van der Waals surface area contributed by atoms with Crippen molar-refractivity contribution in [2.75, 3.05) is 20.2 Å². The van der Waals surface area contributed by atoms with Gasteiger partial charge in [-0.3, -0.25) is 10.1 Å². The second-order valence-corrected chi connectivity index (χ2v) is 3.92. The van der Waals surface area contributed by atoms with Crippen molar-refractivity contribution in [1.82, 2.24) is 5.32 Å². The van der Waals surface area contributed by atoms with E-state index in [1.165, 1.54) is 18.4 Å². The highest BCUT2D eigenvalue weighted by atomic mass is 16.5. The Morgan fingerprint density at radius 3 is 2.40 bits per heavy atom. The number of amides is 2. The zero-order valence-corrected chi connectivity index (χ0v) is 9.34. The first-order valence-corrected chi connectivity index (χ1v) is 5.38. The zero-order valence-electron chi connectivity index (χ0n) is 9.34. The summed E-state index contributed by atoms with van der Waals surface area (Å²) in [5, 5.41) is 2.21. The van der Waals surface area contributed by atoms with Crippen molar-refractivity contribution in [3.8, 4) is 0 Å². The van der Waals surface area contributed by atoms with Crippen molar-refractivity contribution in [3.05, 3.63) is 0 Å². The Kier molecular flexibility index (Phi) is 4.55. The first-order valence-electron chi connectivity index (χ1n) is 5.38. The molecule has 0 bridgehead atoms. The number of hydrogen-bond donors (Lipinski definition) is 2. The van der Waals surface area contributed by atoms with E-state index in [1.54, 1.807) is 0 Å². The van der Waals surface area contributed by atoms with Crippen LogP contribution in [0.5, 0.6) is 0 Å². The third-order valence-electron chi connectivity index (χ3n) is 2.91. The van der Waals surface area contributed by atoms with Gasteiger partial charge in [-0.1, -0.05) is 0 Å². The first-order chi connectivity index (χ1) is 7.15. The topological polar surface area (TPSA) is 59.8 Å². The molecule has 0 radical (unpaired) electrons. The van der Waals surface area contributed by atoms with Crippen LogP contribution >= 0.6 is 0 Å². The number of methoxy groups -OCH3 is 1. The molecule has 86 valence electrons. The van der Waals surface area contributed by atoms with Crippen LogP contribution in [0.25, 0.3) is 0 Å². The van der Waals surface area contributed by atoms with E-state index < -0.39 is 6.09 Å². The average Bonchev–Trinajstić information content (AvgIpc) is 2.29. The molecule has 0 spiro atoms. The molecule has 0 unspecified atom stereocenters. The molecule has 1 atom stereocenters. The summed E-state index contributed by atoms with van der Waals surface area (Å²) in [5.41, 5.74) is 0. The van der Waals surface area contributed by atoms with Crippen molar-refractivity contribution in [2.24, 2.45) is 0 Å². The quantitative estimate of drug-likeness (QED) is 0.642. The van der Waals surface area contributed by atoms with E-state index in [-0.39, 0.29) is 11.9 Å². The molecule has 1 fully saturated rings. The molecule has 1 rings (SSSR count). The van der Waals surface area contributed by atoms with E-state index in [9.17, 15) is 9.59 Å². The van der Waals surface area contributed by atoms with Gasteiger partial charge in [-0.2, -0.15) is 0 Å². The fourth-order valence-electron chi connectivity index (χ4n) is 1.88. The van der Waals surface area contributed by atoms with Crippen LogP contribution in [0.1, 0.15) is 26.2 Å². The SMILES string of the molecule is COC(=O)NC(=O)[C@@H](C)[NH+]1CCCCC1. The fourth-order valence-corrected chi connectivity index (χ4v) is 1.88. The number of imide groups is 1. The van der Waals surface area contributed by atoms with Crippen LogP contribution in [-0.2, 0) is 9.53 Å². The number of carbonyl (C=O) groups is 2. The van der Waals surface area contributed by atoms with Gasteiger partial charge in [0.25, 0.3) is 5.91 Å². The Balaban J connectivity index is 2.40. The number of carbonyl (C=O) groups excluding carboxylic acids is 2. The molecule has 0 aromatic carbocycles. The average molecular weight is 215 g/mol. The summed E-state index contributed by atoms with van der Waals surface area (Å²) in [6, 6.07) is -0.176. The lowest BCUT2D eigenvalue weighted by Crippen LogP contribution is -3.17. The molecule has 0 aliphatic carbocycles. The van der Waals surface area contributed by atoms with Gasteiger partial charge in [0, 0.05) is 0 Å². The summed E-state index contributed by atoms with van der Waals surface area (Å²) in [6.45, 7) is 3.87. The Bertz CT molecular complexity index is 237. The molecule has 1 heterocycles. The van der Waals surface area contributed by atoms with E-state index in [0.717, 1.165) is 25.9 Å². The summed E-state index contributed by atoms with van der Waals surface area (Å²) < 4.78 is 4.38. The Morgan fingerprint density at radius 2 is 1.87 bits per heavy atom. The highest BCUT2D eigenvalue weighted by Gasteiger charge is 2.27. The summed E-state index contributed by atoms with van der Waals surface area (Å²) in [7, 11) is 1.25. The fraction of sp³-hybridized carbons (Fsp3) is 0.800. The molecule has 1 aliphatic heterocycles. The minimum Gasteiger partial charge on any atom is -0.453 e. The minimum absolute atomic E-state index is 0.176. The van der Waals surface area contributed by atoms with Crippen molar-refractivity contribution in [1.29, 1.82) is 0 Å². The lowest BCUT2D eigenvalue weighted by Gasteiger charge is -2.27. The maximum atomic E-state index is 11.6. The van der Waals surface area contributed by atoms with Crippen LogP contribution in [-0.4, -0.2) is 38.2 Å². The van der Waals surface area contributed by atoms with Crippen molar-refractivity contribution in [2.45, 2.75) is 32.2 Å². The lowest BCUT2D eigenvalue weighted by molar-refractivity contribution is -0.918. The second-order valence-electron chi connectivity index (χ2n) is 3.92. The van der Waals surface area contributed by atoms with Crippen LogP contribution in [0.3, 0.4) is 0 Å². The molecule has 2 amide bonds. The monoisotopic (exact) mass is 215 g/mol. The Morgan fingerprint density at radius 1 is 1.27 bits per heavy atom.